The third-order valence-corrected chi connectivity index (χ3v) is 1.93. The van der Waals surface area contributed by atoms with E-state index in [1.807, 2.05) is 0 Å². The highest BCUT2D eigenvalue weighted by molar-refractivity contribution is 5.97. The first-order valence-corrected chi connectivity index (χ1v) is 4.62. The molecule has 0 fully saturated rings. The van der Waals surface area contributed by atoms with E-state index in [4.69, 9.17) is 10.2 Å². The fourth-order valence-corrected chi connectivity index (χ4v) is 1.18. The third-order valence-electron chi connectivity index (χ3n) is 1.93. The number of aromatic nitrogens is 1. The van der Waals surface area contributed by atoms with Gasteiger partial charge in [0.1, 0.15) is 0 Å². The Morgan fingerprint density at radius 1 is 1.38 bits per heavy atom. The molecule has 1 rings (SSSR count). The van der Waals surface area contributed by atoms with E-state index in [0.717, 1.165) is 5.69 Å². The summed E-state index contributed by atoms with van der Waals surface area (Å²) in [5.74, 6) is -2.83. The molecule has 16 heavy (non-hydrogen) atoms. The van der Waals surface area contributed by atoms with Gasteiger partial charge in [0, 0.05) is 12.2 Å². The molecule has 0 amide bonds. The molecule has 1 aromatic heterocycles. The molecule has 0 radical (unpaired) electrons. The Hall–Kier alpha value is -1.95. The van der Waals surface area contributed by atoms with Crippen molar-refractivity contribution in [2.24, 2.45) is 0 Å². The summed E-state index contributed by atoms with van der Waals surface area (Å²) in [7, 11) is 0. The maximum atomic E-state index is 10.6. The van der Waals surface area contributed by atoms with Crippen molar-refractivity contribution < 1.29 is 19.8 Å². The number of hydrogen-bond acceptors (Lipinski definition) is 4. The van der Waals surface area contributed by atoms with Crippen LogP contribution in [0.3, 0.4) is 0 Å². The molecule has 6 nitrogen and oxygen atoms in total. The number of carboxylic acid groups (broad SMARTS) is 2. The average molecular weight is 224 g/mol. The Morgan fingerprint density at radius 2 is 2.00 bits per heavy atom. The third kappa shape index (κ3) is 3.32. The predicted octanol–water partition coefficient (Wildman–Crippen LogP) is 0.0174. The molecule has 0 aliphatic carbocycles. The molecule has 0 saturated heterocycles. The van der Waals surface area contributed by atoms with Crippen molar-refractivity contribution in [1.29, 1.82) is 0 Å². The minimum absolute atomic E-state index is 0.102. The summed E-state index contributed by atoms with van der Waals surface area (Å²) in [6.07, 6.45) is 0. The second-order valence-corrected chi connectivity index (χ2v) is 3.26. The molecular formula is C10H12N2O4. The van der Waals surface area contributed by atoms with Gasteiger partial charge in [-0.1, -0.05) is 6.07 Å². The minimum Gasteiger partial charge on any atom is -0.480 e. The molecule has 0 unspecified atom stereocenters. The zero-order valence-corrected chi connectivity index (χ0v) is 8.67. The molecule has 1 heterocycles. The maximum Gasteiger partial charge on any atom is 0.332 e. The molecule has 0 aliphatic rings. The van der Waals surface area contributed by atoms with Crippen LogP contribution in [0.1, 0.15) is 11.4 Å². The van der Waals surface area contributed by atoms with E-state index in [9.17, 15) is 9.59 Å². The molecule has 3 N–H and O–H groups in total. The summed E-state index contributed by atoms with van der Waals surface area (Å²) >= 11 is 0. The van der Waals surface area contributed by atoms with E-state index in [-0.39, 0.29) is 6.54 Å². The Bertz CT molecular complexity index is 392. The maximum absolute atomic E-state index is 10.6. The van der Waals surface area contributed by atoms with E-state index in [1.54, 1.807) is 25.1 Å². The molecule has 0 spiro atoms. The van der Waals surface area contributed by atoms with E-state index >= 15 is 0 Å². The van der Waals surface area contributed by atoms with E-state index in [0.29, 0.717) is 5.69 Å². The van der Waals surface area contributed by atoms with Crippen molar-refractivity contribution in [2.75, 3.05) is 0 Å². The number of hydrogen-bond donors (Lipinski definition) is 3. The SMILES string of the molecule is Cc1cccc(CNC(C(=O)O)C(=O)O)n1. The summed E-state index contributed by atoms with van der Waals surface area (Å²) in [6.45, 7) is 1.90. The fraction of sp³-hybridized carbons (Fsp3) is 0.300. The number of carboxylic acids is 2. The molecule has 1 aromatic rings. The molecule has 0 atom stereocenters. The first-order valence-electron chi connectivity index (χ1n) is 4.62. The highest BCUT2D eigenvalue weighted by atomic mass is 16.4. The molecule has 86 valence electrons. The van der Waals surface area contributed by atoms with Crippen molar-refractivity contribution >= 4 is 11.9 Å². The average Bonchev–Trinajstić information content (AvgIpc) is 2.16. The number of rotatable bonds is 5. The quantitative estimate of drug-likeness (QED) is 0.609. The van der Waals surface area contributed by atoms with Crippen LogP contribution >= 0.6 is 0 Å². The van der Waals surface area contributed by atoms with Gasteiger partial charge in [0.05, 0.1) is 5.69 Å². The second-order valence-electron chi connectivity index (χ2n) is 3.26. The topological polar surface area (TPSA) is 99.5 Å². The number of carbonyl (C=O) groups is 2. The van der Waals surface area contributed by atoms with Crippen LogP contribution in [0.5, 0.6) is 0 Å². The van der Waals surface area contributed by atoms with Crippen LogP contribution in [0.2, 0.25) is 0 Å². The highest BCUT2D eigenvalue weighted by Gasteiger charge is 2.24. The van der Waals surface area contributed by atoms with Gasteiger partial charge in [-0.05, 0) is 19.1 Å². The molecule has 0 aliphatic heterocycles. The fourth-order valence-electron chi connectivity index (χ4n) is 1.18. The summed E-state index contributed by atoms with van der Waals surface area (Å²) in [6, 6.07) is 3.66. The lowest BCUT2D eigenvalue weighted by Gasteiger charge is -2.09. The predicted molar refractivity (Wildman–Crippen MR) is 54.9 cm³/mol. The monoisotopic (exact) mass is 224 g/mol. The minimum atomic E-state index is -1.61. The van der Waals surface area contributed by atoms with Crippen LogP contribution in [0, 0.1) is 6.92 Å². The lowest BCUT2D eigenvalue weighted by molar-refractivity contribution is -0.151. The summed E-state index contributed by atoms with van der Waals surface area (Å²) in [5.41, 5.74) is 1.40. The van der Waals surface area contributed by atoms with Crippen molar-refractivity contribution in [3.8, 4) is 0 Å². The summed E-state index contributed by atoms with van der Waals surface area (Å²) in [5, 5.41) is 19.6. The number of pyridine rings is 1. The highest BCUT2D eigenvalue weighted by Crippen LogP contribution is 1.98. The van der Waals surface area contributed by atoms with Crippen LogP contribution in [-0.2, 0) is 16.1 Å². The van der Waals surface area contributed by atoms with E-state index < -0.39 is 18.0 Å². The van der Waals surface area contributed by atoms with E-state index in [1.165, 1.54) is 0 Å². The van der Waals surface area contributed by atoms with Crippen molar-refractivity contribution in [3.63, 3.8) is 0 Å². The van der Waals surface area contributed by atoms with Gasteiger partial charge in [-0.2, -0.15) is 0 Å². The van der Waals surface area contributed by atoms with E-state index in [2.05, 4.69) is 10.3 Å². The normalized spacial score (nSPS) is 10.4. The standard InChI is InChI=1S/C10H12N2O4/c1-6-3-2-4-7(12-6)5-11-8(9(13)14)10(15)16/h2-4,8,11H,5H2,1H3,(H,13,14)(H,15,16). The Labute approximate surface area is 91.9 Å². The van der Waals surface area contributed by atoms with Crippen LogP contribution in [0.25, 0.3) is 0 Å². The largest absolute Gasteiger partial charge is 0.480 e. The second kappa shape index (κ2) is 5.22. The van der Waals surface area contributed by atoms with Crippen molar-refractivity contribution in [2.45, 2.75) is 19.5 Å². The summed E-state index contributed by atoms with van der Waals surface area (Å²) in [4.78, 5) is 25.2. The zero-order chi connectivity index (χ0) is 12.1. The Kier molecular flexibility index (Phi) is 3.96. The Morgan fingerprint density at radius 3 is 2.50 bits per heavy atom. The first kappa shape index (κ1) is 12.1. The van der Waals surface area contributed by atoms with Crippen LogP contribution in [0.15, 0.2) is 18.2 Å². The molecule has 0 bridgehead atoms. The molecule has 0 saturated carbocycles. The molecule has 0 aromatic carbocycles. The summed E-state index contributed by atoms with van der Waals surface area (Å²) < 4.78 is 0. The zero-order valence-electron chi connectivity index (χ0n) is 8.67. The van der Waals surface area contributed by atoms with Gasteiger partial charge in [-0.25, -0.2) is 9.59 Å². The van der Waals surface area contributed by atoms with Gasteiger partial charge in [-0.3, -0.25) is 10.3 Å². The van der Waals surface area contributed by atoms with Crippen LogP contribution in [-0.4, -0.2) is 33.2 Å². The van der Waals surface area contributed by atoms with Gasteiger partial charge < -0.3 is 10.2 Å². The van der Waals surface area contributed by atoms with Crippen molar-refractivity contribution in [1.82, 2.24) is 10.3 Å². The lowest BCUT2D eigenvalue weighted by Crippen LogP contribution is -2.43. The van der Waals surface area contributed by atoms with Gasteiger partial charge in [-0.15, -0.1) is 0 Å². The van der Waals surface area contributed by atoms with Gasteiger partial charge in [0.2, 0.25) is 6.04 Å². The lowest BCUT2D eigenvalue weighted by atomic mass is 10.2. The smallest absolute Gasteiger partial charge is 0.332 e. The van der Waals surface area contributed by atoms with Gasteiger partial charge in [0.25, 0.3) is 0 Å². The van der Waals surface area contributed by atoms with Gasteiger partial charge in [0.15, 0.2) is 0 Å². The molecular weight excluding hydrogens is 212 g/mol. The Balaban J connectivity index is 2.62. The number of aliphatic carboxylic acids is 2. The number of nitrogens with zero attached hydrogens (tertiary/aromatic N) is 1. The first-order chi connectivity index (χ1) is 7.50. The van der Waals surface area contributed by atoms with Gasteiger partial charge >= 0.3 is 11.9 Å². The number of nitrogens with one attached hydrogen (secondary N) is 1. The number of aryl methyl sites for hydroxylation is 1. The van der Waals surface area contributed by atoms with Crippen LogP contribution in [0.4, 0.5) is 0 Å². The van der Waals surface area contributed by atoms with Crippen LogP contribution < -0.4 is 5.32 Å². The molecule has 6 heteroatoms. The van der Waals surface area contributed by atoms with Crippen molar-refractivity contribution in [3.05, 3.63) is 29.6 Å².